The van der Waals surface area contributed by atoms with Crippen LogP contribution in [0.4, 0.5) is 0 Å². The quantitative estimate of drug-likeness (QED) is 0.921. The smallest absolute Gasteiger partial charge is 0.124 e. The van der Waals surface area contributed by atoms with Crippen LogP contribution in [0.15, 0.2) is 12.5 Å². The molecular weight excluding hydrogens is 290 g/mol. The molecule has 3 rings (SSSR count). The molecule has 0 radical (unpaired) electrons. The second kappa shape index (κ2) is 6.45. The lowest BCUT2D eigenvalue weighted by molar-refractivity contribution is 0.107. The largest absolute Gasteiger partial charge is 0.380 e. The molecule has 1 aliphatic rings. The minimum Gasteiger partial charge on any atom is -0.380 e. The fourth-order valence-electron chi connectivity index (χ4n) is 3.35. The van der Waals surface area contributed by atoms with Gasteiger partial charge >= 0.3 is 0 Å². The molecule has 6 nitrogen and oxygen atoms in total. The average molecular weight is 317 g/mol. The number of aromatic nitrogens is 4. The van der Waals surface area contributed by atoms with Gasteiger partial charge in [0.15, 0.2) is 0 Å². The lowest BCUT2D eigenvalue weighted by Crippen LogP contribution is -2.26. The molecular formula is C17H27N5O. The molecule has 2 atom stereocenters. The summed E-state index contributed by atoms with van der Waals surface area (Å²) in [6.07, 6.45) is 5.11. The predicted molar refractivity (Wildman–Crippen MR) is 89.2 cm³/mol. The first-order chi connectivity index (χ1) is 11.0. The monoisotopic (exact) mass is 317 g/mol. The first-order valence-electron chi connectivity index (χ1n) is 8.30. The second-order valence-electron chi connectivity index (χ2n) is 6.76. The van der Waals surface area contributed by atoms with Crippen molar-refractivity contribution in [3.63, 3.8) is 0 Å². The third-order valence-corrected chi connectivity index (χ3v) is 4.83. The highest BCUT2D eigenvalue weighted by Gasteiger charge is 2.35. The second-order valence-corrected chi connectivity index (χ2v) is 6.76. The van der Waals surface area contributed by atoms with E-state index >= 15 is 0 Å². The summed E-state index contributed by atoms with van der Waals surface area (Å²) in [6.45, 7) is 10.3. The Morgan fingerprint density at radius 2 is 2.17 bits per heavy atom. The Bertz CT molecular complexity index is 640. The number of imidazole rings is 2. The molecule has 1 saturated heterocycles. The van der Waals surface area contributed by atoms with E-state index in [9.17, 15) is 0 Å². The number of nitrogens with zero attached hydrogens (tertiary/aromatic N) is 4. The van der Waals surface area contributed by atoms with Gasteiger partial charge in [-0.15, -0.1) is 0 Å². The molecule has 3 heterocycles. The van der Waals surface area contributed by atoms with Gasteiger partial charge in [0.25, 0.3) is 0 Å². The number of methoxy groups -OCH3 is 1. The van der Waals surface area contributed by atoms with Gasteiger partial charge in [0.2, 0.25) is 0 Å². The van der Waals surface area contributed by atoms with Crippen molar-refractivity contribution in [2.45, 2.75) is 58.8 Å². The maximum absolute atomic E-state index is 5.62. The van der Waals surface area contributed by atoms with Crippen LogP contribution in [-0.4, -0.2) is 44.2 Å². The van der Waals surface area contributed by atoms with E-state index < -0.39 is 0 Å². The molecule has 1 fully saturated rings. The molecule has 2 aromatic heterocycles. The van der Waals surface area contributed by atoms with Crippen LogP contribution >= 0.6 is 0 Å². The number of rotatable bonds is 5. The van der Waals surface area contributed by atoms with Crippen LogP contribution in [0.1, 0.15) is 55.3 Å². The summed E-state index contributed by atoms with van der Waals surface area (Å²) >= 11 is 0. The van der Waals surface area contributed by atoms with Crippen molar-refractivity contribution in [1.82, 2.24) is 24.4 Å². The summed E-state index contributed by atoms with van der Waals surface area (Å²) in [4.78, 5) is 14.9. The van der Waals surface area contributed by atoms with E-state index in [1.54, 1.807) is 7.11 Å². The summed E-state index contributed by atoms with van der Waals surface area (Å²) in [5.41, 5.74) is 3.46. The van der Waals surface area contributed by atoms with Crippen LogP contribution < -0.4 is 0 Å². The Hall–Kier alpha value is -1.66. The minimum atomic E-state index is 0.251. The molecule has 126 valence electrons. The average Bonchev–Trinajstić information content (AvgIpc) is 3.19. The van der Waals surface area contributed by atoms with Gasteiger partial charge < -0.3 is 14.3 Å². The van der Waals surface area contributed by atoms with Gasteiger partial charge in [0.1, 0.15) is 5.82 Å². The summed E-state index contributed by atoms with van der Waals surface area (Å²) in [5, 5.41) is 0. The number of likely N-dealkylation sites (tertiary alicyclic amines) is 1. The van der Waals surface area contributed by atoms with Crippen molar-refractivity contribution in [2.75, 3.05) is 13.7 Å². The number of hydrogen-bond donors (Lipinski definition) is 1. The van der Waals surface area contributed by atoms with Gasteiger partial charge in [-0.2, -0.15) is 0 Å². The zero-order chi connectivity index (χ0) is 16.6. The number of hydrogen-bond acceptors (Lipinski definition) is 4. The lowest BCUT2D eigenvalue weighted by Gasteiger charge is -2.23. The molecule has 0 aromatic carbocycles. The van der Waals surface area contributed by atoms with Crippen LogP contribution in [0.25, 0.3) is 0 Å². The fourth-order valence-corrected chi connectivity index (χ4v) is 3.35. The van der Waals surface area contributed by atoms with Crippen molar-refractivity contribution in [2.24, 2.45) is 0 Å². The highest BCUT2D eigenvalue weighted by molar-refractivity contribution is 5.15. The molecule has 2 aromatic rings. The molecule has 6 heteroatoms. The number of nitrogens with one attached hydrogen (secondary N) is 1. The van der Waals surface area contributed by atoms with Gasteiger partial charge in [-0.3, -0.25) is 4.90 Å². The van der Waals surface area contributed by atoms with Crippen LogP contribution in [0, 0.1) is 13.8 Å². The highest BCUT2D eigenvalue weighted by Crippen LogP contribution is 2.33. The topological polar surface area (TPSA) is 59.0 Å². The molecule has 1 aliphatic heterocycles. The summed E-state index contributed by atoms with van der Waals surface area (Å²) < 4.78 is 7.85. The maximum atomic E-state index is 5.62. The van der Waals surface area contributed by atoms with E-state index in [2.05, 4.69) is 47.1 Å². The van der Waals surface area contributed by atoms with E-state index in [0.29, 0.717) is 6.04 Å². The van der Waals surface area contributed by atoms with E-state index in [0.717, 1.165) is 36.7 Å². The molecule has 0 spiro atoms. The lowest BCUT2D eigenvalue weighted by atomic mass is 10.2. The standard InChI is InChI=1S/C17H27N5O/c1-11(2)22-10-18-7-14(22)8-21-9-15(23-5)6-16(21)17-19-12(3)13(4)20-17/h7,10-11,15-16H,6,8-9H2,1-5H3,(H,19,20)/t15-,16+/m1/s1. The van der Waals surface area contributed by atoms with Crippen molar-refractivity contribution >= 4 is 0 Å². The summed E-state index contributed by atoms with van der Waals surface area (Å²) in [7, 11) is 1.79. The van der Waals surface area contributed by atoms with E-state index in [1.807, 2.05) is 12.5 Å². The molecule has 1 N–H and O–H groups in total. The van der Waals surface area contributed by atoms with E-state index in [4.69, 9.17) is 9.72 Å². The van der Waals surface area contributed by atoms with E-state index in [-0.39, 0.29) is 12.1 Å². The van der Waals surface area contributed by atoms with Gasteiger partial charge in [-0.25, -0.2) is 9.97 Å². The number of H-pyrrole nitrogens is 1. The Kier molecular flexibility index (Phi) is 4.55. The number of aryl methyl sites for hydroxylation is 2. The maximum Gasteiger partial charge on any atom is 0.124 e. The molecule has 0 unspecified atom stereocenters. The van der Waals surface area contributed by atoms with Crippen LogP contribution in [0.2, 0.25) is 0 Å². The normalized spacial score (nSPS) is 22.3. The summed E-state index contributed by atoms with van der Waals surface area (Å²) in [6, 6.07) is 0.683. The molecule has 0 saturated carbocycles. The Labute approximate surface area is 137 Å². The molecule has 0 aliphatic carbocycles. The minimum absolute atomic E-state index is 0.251. The van der Waals surface area contributed by atoms with E-state index in [1.165, 1.54) is 5.69 Å². The fraction of sp³-hybridized carbons (Fsp3) is 0.647. The predicted octanol–water partition coefficient (Wildman–Crippen LogP) is 2.77. The Balaban J connectivity index is 1.84. The zero-order valence-corrected chi connectivity index (χ0v) is 14.7. The Morgan fingerprint density at radius 3 is 2.78 bits per heavy atom. The van der Waals surface area contributed by atoms with Crippen LogP contribution in [0.3, 0.4) is 0 Å². The van der Waals surface area contributed by atoms with Crippen LogP contribution in [-0.2, 0) is 11.3 Å². The van der Waals surface area contributed by atoms with Crippen LogP contribution in [0.5, 0.6) is 0 Å². The van der Waals surface area contributed by atoms with Gasteiger partial charge in [0.05, 0.1) is 29.9 Å². The van der Waals surface area contributed by atoms with Crippen molar-refractivity contribution < 1.29 is 4.74 Å². The van der Waals surface area contributed by atoms with Gasteiger partial charge in [-0.05, 0) is 34.1 Å². The first-order valence-corrected chi connectivity index (χ1v) is 8.30. The SMILES string of the molecule is CO[C@@H]1C[C@@H](c2nc(C)c(C)[nH]2)N(Cc2cncn2C(C)C)C1. The molecule has 0 bridgehead atoms. The van der Waals surface area contributed by atoms with Crippen molar-refractivity contribution in [3.8, 4) is 0 Å². The van der Waals surface area contributed by atoms with Gasteiger partial charge in [0, 0.05) is 38.1 Å². The number of ether oxygens (including phenoxy) is 1. The van der Waals surface area contributed by atoms with Gasteiger partial charge in [-0.1, -0.05) is 0 Å². The Morgan fingerprint density at radius 1 is 1.39 bits per heavy atom. The first kappa shape index (κ1) is 16.2. The third-order valence-electron chi connectivity index (χ3n) is 4.83. The zero-order valence-electron chi connectivity index (χ0n) is 14.7. The summed E-state index contributed by atoms with van der Waals surface area (Å²) in [5.74, 6) is 1.05. The number of aromatic amines is 1. The highest BCUT2D eigenvalue weighted by atomic mass is 16.5. The molecule has 23 heavy (non-hydrogen) atoms. The van der Waals surface area contributed by atoms with Crippen molar-refractivity contribution in [3.05, 3.63) is 35.4 Å². The van der Waals surface area contributed by atoms with Crippen molar-refractivity contribution in [1.29, 1.82) is 0 Å². The molecule has 0 amide bonds. The third kappa shape index (κ3) is 3.19.